The normalized spacial score (nSPS) is 10.4. The molecule has 0 aliphatic rings. The van der Waals surface area contributed by atoms with Gasteiger partial charge in [-0.1, -0.05) is 22.9 Å². The van der Waals surface area contributed by atoms with Gasteiger partial charge < -0.3 is 15.8 Å². The van der Waals surface area contributed by atoms with Crippen molar-refractivity contribution in [3.05, 3.63) is 22.2 Å². The van der Waals surface area contributed by atoms with Crippen LogP contribution in [-0.4, -0.2) is 19.1 Å². The molecule has 0 unspecified atom stereocenters. The van der Waals surface area contributed by atoms with Gasteiger partial charge in [0.2, 0.25) is 5.91 Å². The van der Waals surface area contributed by atoms with Gasteiger partial charge in [-0.05, 0) is 31.0 Å². The highest BCUT2D eigenvalue weighted by atomic mass is 79.9. The quantitative estimate of drug-likeness (QED) is 0.626. The fourth-order valence-electron chi connectivity index (χ4n) is 1.55. The van der Waals surface area contributed by atoms with E-state index in [0.29, 0.717) is 31.0 Å². The summed E-state index contributed by atoms with van der Waals surface area (Å²) in [7, 11) is 0. The van der Waals surface area contributed by atoms with Crippen LogP contribution in [0, 0.1) is 6.92 Å². The number of nitrogens with two attached hydrogens (primary N) is 1. The molecule has 0 saturated carbocycles. The molecule has 1 aromatic carbocycles. The third-order valence-corrected chi connectivity index (χ3v) is 2.87. The Morgan fingerprint density at radius 1 is 1.44 bits per heavy atom. The lowest BCUT2D eigenvalue weighted by Gasteiger charge is -2.12. The highest BCUT2D eigenvalue weighted by Gasteiger charge is 2.09. The first-order valence-corrected chi connectivity index (χ1v) is 6.77. The van der Waals surface area contributed by atoms with E-state index in [1.807, 2.05) is 19.9 Å². The number of hydrogen-bond acceptors (Lipinski definition) is 3. The molecule has 100 valence electrons. The monoisotopic (exact) mass is 314 g/mol. The summed E-state index contributed by atoms with van der Waals surface area (Å²) < 4.78 is 6.18. The lowest BCUT2D eigenvalue weighted by atomic mass is 10.1. The molecule has 0 bridgehead atoms. The van der Waals surface area contributed by atoms with Crippen LogP contribution in [0.4, 0.5) is 11.4 Å². The number of benzene rings is 1. The van der Waals surface area contributed by atoms with Gasteiger partial charge in [0.05, 0.1) is 24.4 Å². The largest absolute Gasteiger partial charge is 0.397 e. The molecule has 4 nitrogen and oxygen atoms in total. The van der Waals surface area contributed by atoms with Crippen LogP contribution in [0.2, 0.25) is 0 Å². The lowest BCUT2D eigenvalue weighted by Crippen LogP contribution is -2.16. The molecule has 0 heterocycles. The maximum Gasteiger partial charge on any atom is 0.226 e. The van der Waals surface area contributed by atoms with Gasteiger partial charge >= 0.3 is 0 Å². The number of carbonyl (C=O) groups excluding carboxylic acids is 1. The summed E-state index contributed by atoms with van der Waals surface area (Å²) in [6.07, 6.45) is 1.30. The molecule has 0 aliphatic carbocycles. The Morgan fingerprint density at radius 3 is 2.78 bits per heavy atom. The first-order valence-electron chi connectivity index (χ1n) is 5.97. The summed E-state index contributed by atoms with van der Waals surface area (Å²) >= 11 is 3.36. The molecule has 0 spiro atoms. The Labute approximate surface area is 116 Å². The number of halogens is 1. The van der Waals surface area contributed by atoms with Gasteiger partial charge in [0, 0.05) is 11.1 Å². The number of aryl methyl sites for hydroxylation is 1. The number of rotatable bonds is 6. The van der Waals surface area contributed by atoms with Gasteiger partial charge in [-0.15, -0.1) is 0 Å². The van der Waals surface area contributed by atoms with Gasteiger partial charge in [0.1, 0.15) is 0 Å². The van der Waals surface area contributed by atoms with E-state index >= 15 is 0 Å². The van der Waals surface area contributed by atoms with Crippen molar-refractivity contribution in [3.8, 4) is 0 Å². The van der Waals surface area contributed by atoms with Crippen molar-refractivity contribution >= 4 is 33.2 Å². The zero-order chi connectivity index (χ0) is 13.5. The van der Waals surface area contributed by atoms with Gasteiger partial charge in [-0.25, -0.2) is 0 Å². The molecule has 3 N–H and O–H groups in total. The molecular weight excluding hydrogens is 296 g/mol. The minimum Gasteiger partial charge on any atom is -0.397 e. The first-order chi connectivity index (χ1) is 8.54. The molecule has 18 heavy (non-hydrogen) atoms. The number of carbonyl (C=O) groups is 1. The van der Waals surface area contributed by atoms with Crippen molar-refractivity contribution in [1.82, 2.24) is 0 Å². The van der Waals surface area contributed by atoms with Crippen LogP contribution in [0.15, 0.2) is 16.6 Å². The van der Waals surface area contributed by atoms with Crippen molar-refractivity contribution in [2.24, 2.45) is 0 Å². The average Bonchev–Trinajstić information content (AvgIpc) is 2.29. The van der Waals surface area contributed by atoms with E-state index < -0.39 is 0 Å². The van der Waals surface area contributed by atoms with E-state index in [4.69, 9.17) is 10.5 Å². The van der Waals surface area contributed by atoms with Crippen molar-refractivity contribution < 1.29 is 9.53 Å². The van der Waals surface area contributed by atoms with Crippen LogP contribution in [0.25, 0.3) is 0 Å². The number of hydrogen-bond donors (Lipinski definition) is 2. The summed E-state index contributed by atoms with van der Waals surface area (Å²) in [6.45, 7) is 5.07. The number of anilines is 2. The van der Waals surface area contributed by atoms with E-state index in [1.165, 1.54) is 0 Å². The Hall–Kier alpha value is -1.07. The molecule has 1 aromatic rings. The molecule has 1 rings (SSSR count). The SMILES string of the molecule is CCCOCCC(=O)Nc1c(C)cc(Br)cc1N. The van der Waals surface area contributed by atoms with E-state index in [-0.39, 0.29) is 5.91 Å². The van der Waals surface area contributed by atoms with E-state index in [0.717, 1.165) is 16.5 Å². The summed E-state index contributed by atoms with van der Waals surface area (Å²) in [6, 6.07) is 3.69. The molecule has 0 atom stereocenters. The zero-order valence-electron chi connectivity index (χ0n) is 10.8. The van der Waals surface area contributed by atoms with Crippen molar-refractivity contribution in [2.45, 2.75) is 26.7 Å². The Balaban J connectivity index is 2.54. The number of amides is 1. The summed E-state index contributed by atoms with van der Waals surface area (Å²) in [5, 5.41) is 2.82. The zero-order valence-corrected chi connectivity index (χ0v) is 12.3. The summed E-state index contributed by atoms with van der Waals surface area (Å²) in [5.41, 5.74) is 8.05. The molecule has 1 amide bonds. The minimum absolute atomic E-state index is 0.0803. The highest BCUT2D eigenvalue weighted by molar-refractivity contribution is 9.10. The van der Waals surface area contributed by atoms with Gasteiger partial charge in [-0.3, -0.25) is 4.79 Å². The molecular formula is C13H19BrN2O2. The third-order valence-electron chi connectivity index (χ3n) is 2.42. The second-order valence-corrected chi connectivity index (χ2v) is 5.01. The van der Waals surface area contributed by atoms with E-state index in [2.05, 4.69) is 21.2 Å². The molecule has 0 radical (unpaired) electrons. The lowest BCUT2D eigenvalue weighted by molar-refractivity contribution is -0.117. The van der Waals surface area contributed by atoms with Crippen molar-refractivity contribution in [2.75, 3.05) is 24.3 Å². The standard InChI is InChI=1S/C13H19BrN2O2/c1-3-5-18-6-4-12(17)16-13-9(2)7-10(14)8-11(13)15/h7-8H,3-6,15H2,1-2H3,(H,16,17). The predicted molar refractivity (Wildman–Crippen MR) is 77.6 cm³/mol. The second-order valence-electron chi connectivity index (χ2n) is 4.10. The summed E-state index contributed by atoms with van der Waals surface area (Å²) in [5.74, 6) is -0.0803. The Kier molecular flexibility index (Phi) is 6.15. The fourth-order valence-corrected chi connectivity index (χ4v) is 2.14. The topological polar surface area (TPSA) is 64.3 Å². The second kappa shape index (κ2) is 7.38. The van der Waals surface area contributed by atoms with Crippen LogP contribution < -0.4 is 11.1 Å². The highest BCUT2D eigenvalue weighted by Crippen LogP contribution is 2.27. The number of nitrogens with one attached hydrogen (secondary N) is 1. The summed E-state index contributed by atoms with van der Waals surface area (Å²) in [4.78, 5) is 11.7. The molecule has 5 heteroatoms. The van der Waals surface area contributed by atoms with Gasteiger partial charge in [-0.2, -0.15) is 0 Å². The number of nitrogen functional groups attached to an aromatic ring is 1. The van der Waals surface area contributed by atoms with Crippen LogP contribution >= 0.6 is 15.9 Å². The fraction of sp³-hybridized carbons (Fsp3) is 0.462. The maximum atomic E-state index is 11.7. The average molecular weight is 315 g/mol. The van der Waals surface area contributed by atoms with Crippen LogP contribution in [0.3, 0.4) is 0 Å². The molecule has 0 aliphatic heterocycles. The Morgan fingerprint density at radius 2 is 2.17 bits per heavy atom. The predicted octanol–water partition coefficient (Wildman–Crippen LogP) is 3.09. The van der Waals surface area contributed by atoms with Crippen molar-refractivity contribution in [3.63, 3.8) is 0 Å². The van der Waals surface area contributed by atoms with Crippen LogP contribution in [-0.2, 0) is 9.53 Å². The Bertz CT molecular complexity index is 398. The van der Waals surface area contributed by atoms with Crippen LogP contribution in [0.5, 0.6) is 0 Å². The molecule has 0 saturated heterocycles. The first kappa shape index (κ1) is 15.0. The van der Waals surface area contributed by atoms with Gasteiger partial charge in [0.25, 0.3) is 0 Å². The maximum absolute atomic E-state index is 11.7. The third kappa shape index (κ3) is 4.66. The smallest absolute Gasteiger partial charge is 0.226 e. The van der Waals surface area contributed by atoms with Crippen molar-refractivity contribution in [1.29, 1.82) is 0 Å². The van der Waals surface area contributed by atoms with E-state index in [9.17, 15) is 4.79 Å². The number of ether oxygens (including phenoxy) is 1. The molecule has 0 fully saturated rings. The van der Waals surface area contributed by atoms with Gasteiger partial charge in [0.15, 0.2) is 0 Å². The molecule has 0 aromatic heterocycles. The van der Waals surface area contributed by atoms with Crippen LogP contribution in [0.1, 0.15) is 25.3 Å². The van der Waals surface area contributed by atoms with E-state index in [1.54, 1.807) is 6.07 Å². The minimum atomic E-state index is -0.0803.